The van der Waals surface area contributed by atoms with Gasteiger partial charge < -0.3 is 10.2 Å². The van der Waals surface area contributed by atoms with Gasteiger partial charge in [0.15, 0.2) is 0 Å². The summed E-state index contributed by atoms with van der Waals surface area (Å²) >= 11 is 0. The zero-order valence-corrected chi connectivity index (χ0v) is 8.78. The van der Waals surface area contributed by atoms with Crippen molar-refractivity contribution in [3.8, 4) is 0 Å². The summed E-state index contributed by atoms with van der Waals surface area (Å²) in [6.45, 7) is 0. The topological polar surface area (TPSA) is 53.9 Å². The highest BCUT2D eigenvalue weighted by Gasteiger charge is 2.27. The smallest absolute Gasteiger partial charge is 0.229 e. The normalized spacial score (nSPS) is 15.4. The number of rotatable bonds is 3. The van der Waals surface area contributed by atoms with Crippen molar-refractivity contribution >= 4 is 11.9 Å². The summed E-state index contributed by atoms with van der Waals surface area (Å²) in [4.78, 5) is 14.9. The summed E-state index contributed by atoms with van der Waals surface area (Å²) in [6, 6.07) is 0. The third-order valence-corrected chi connectivity index (χ3v) is 2.21. The molecule has 1 aromatic rings. The van der Waals surface area contributed by atoms with Crippen LogP contribution in [0.3, 0.4) is 0 Å². The highest BCUT2D eigenvalue weighted by molar-refractivity contribution is 5.36. The minimum Gasteiger partial charge on any atom is -0.357 e. The highest BCUT2D eigenvalue weighted by Crippen LogP contribution is 2.38. The predicted molar refractivity (Wildman–Crippen MR) is 55.7 cm³/mol. The van der Waals surface area contributed by atoms with Gasteiger partial charge in [-0.2, -0.15) is 15.0 Å². The fraction of sp³-hybridized carbons (Fsp3) is 0.667. The Balaban J connectivity index is 2.35. The number of hydrogen-bond acceptors (Lipinski definition) is 5. The molecule has 14 heavy (non-hydrogen) atoms. The van der Waals surface area contributed by atoms with E-state index in [1.54, 1.807) is 0 Å². The van der Waals surface area contributed by atoms with Crippen molar-refractivity contribution in [2.24, 2.45) is 0 Å². The Morgan fingerprint density at radius 3 is 2.43 bits per heavy atom. The summed E-state index contributed by atoms with van der Waals surface area (Å²) in [6.07, 6.45) is 2.42. The Morgan fingerprint density at radius 2 is 1.93 bits per heavy atom. The molecule has 0 amide bonds. The molecule has 0 aromatic carbocycles. The fourth-order valence-electron chi connectivity index (χ4n) is 1.22. The monoisotopic (exact) mass is 193 g/mol. The molecule has 1 aliphatic carbocycles. The molecule has 0 atom stereocenters. The van der Waals surface area contributed by atoms with Crippen molar-refractivity contribution in [2.45, 2.75) is 18.8 Å². The number of hydrogen-bond donors (Lipinski definition) is 1. The first-order valence-electron chi connectivity index (χ1n) is 4.81. The van der Waals surface area contributed by atoms with Crippen LogP contribution >= 0.6 is 0 Å². The highest BCUT2D eigenvalue weighted by atomic mass is 15.3. The van der Waals surface area contributed by atoms with Gasteiger partial charge in [-0.25, -0.2) is 0 Å². The molecule has 0 saturated heterocycles. The van der Waals surface area contributed by atoms with Crippen LogP contribution in [-0.4, -0.2) is 36.1 Å². The van der Waals surface area contributed by atoms with Crippen molar-refractivity contribution in [3.05, 3.63) is 5.82 Å². The second-order valence-electron chi connectivity index (χ2n) is 3.74. The van der Waals surface area contributed by atoms with Crippen LogP contribution in [0, 0.1) is 0 Å². The summed E-state index contributed by atoms with van der Waals surface area (Å²) in [5.74, 6) is 2.87. The molecule has 1 fully saturated rings. The van der Waals surface area contributed by atoms with Gasteiger partial charge >= 0.3 is 0 Å². The van der Waals surface area contributed by atoms with Gasteiger partial charge in [-0.15, -0.1) is 0 Å². The average Bonchev–Trinajstić information content (AvgIpc) is 3.00. The molecular formula is C9H15N5. The van der Waals surface area contributed by atoms with Crippen LogP contribution in [0.4, 0.5) is 11.9 Å². The Labute approximate surface area is 83.6 Å². The van der Waals surface area contributed by atoms with Gasteiger partial charge in [0.25, 0.3) is 0 Å². The van der Waals surface area contributed by atoms with E-state index in [-0.39, 0.29) is 0 Å². The van der Waals surface area contributed by atoms with E-state index in [1.807, 2.05) is 26.0 Å². The third kappa shape index (κ3) is 1.76. The number of anilines is 2. The zero-order valence-electron chi connectivity index (χ0n) is 8.78. The van der Waals surface area contributed by atoms with Crippen LogP contribution in [0.5, 0.6) is 0 Å². The molecule has 0 aliphatic heterocycles. The molecule has 0 radical (unpaired) electrons. The summed E-state index contributed by atoms with van der Waals surface area (Å²) in [5, 5.41) is 2.96. The fourth-order valence-corrected chi connectivity index (χ4v) is 1.22. The molecule has 76 valence electrons. The number of nitrogens with zero attached hydrogens (tertiary/aromatic N) is 4. The lowest BCUT2D eigenvalue weighted by atomic mass is 10.4. The van der Waals surface area contributed by atoms with Gasteiger partial charge in [-0.05, 0) is 12.8 Å². The second-order valence-corrected chi connectivity index (χ2v) is 3.74. The Kier molecular flexibility index (Phi) is 2.23. The summed E-state index contributed by atoms with van der Waals surface area (Å²) < 4.78 is 0. The first-order valence-corrected chi connectivity index (χ1v) is 4.81. The van der Waals surface area contributed by atoms with E-state index >= 15 is 0 Å². The standard InChI is InChI=1S/C9H15N5/c1-10-8-11-7(6-4-5-6)12-9(13-8)14(2)3/h6H,4-5H2,1-3H3,(H,10,11,12,13). The lowest BCUT2D eigenvalue weighted by Gasteiger charge is -2.12. The van der Waals surface area contributed by atoms with E-state index < -0.39 is 0 Å². The minimum atomic E-state index is 0.559. The summed E-state index contributed by atoms with van der Waals surface area (Å²) in [5.41, 5.74) is 0. The lowest BCUT2D eigenvalue weighted by molar-refractivity contribution is 0.864. The van der Waals surface area contributed by atoms with Crippen LogP contribution in [0.25, 0.3) is 0 Å². The zero-order chi connectivity index (χ0) is 10.1. The van der Waals surface area contributed by atoms with Gasteiger partial charge in [0, 0.05) is 27.1 Å². The summed E-state index contributed by atoms with van der Waals surface area (Å²) in [7, 11) is 5.70. The van der Waals surface area contributed by atoms with Crippen LogP contribution in [-0.2, 0) is 0 Å². The van der Waals surface area contributed by atoms with Gasteiger partial charge in [-0.1, -0.05) is 0 Å². The number of aromatic nitrogens is 3. The Bertz CT molecular complexity index is 312. The maximum Gasteiger partial charge on any atom is 0.229 e. The van der Waals surface area contributed by atoms with Crippen molar-refractivity contribution in [3.63, 3.8) is 0 Å². The van der Waals surface area contributed by atoms with Gasteiger partial charge in [-0.3, -0.25) is 0 Å². The molecule has 0 unspecified atom stereocenters. The van der Waals surface area contributed by atoms with E-state index in [0.717, 1.165) is 11.8 Å². The molecule has 5 nitrogen and oxygen atoms in total. The molecule has 0 spiro atoms. The molecular weight excluding hydrogens is 178 g/mol. The predicted octanol–water partition coefficient (Wildman–Crippen LogP) is 0.857. The molecule has 5 heteroatoms. The molecule has 1 saturated carbocycles. The maximum absolute atomic E-state index is 4.41. The van der Waals surface area contributed by atoms with Crippen molar-refractivity contribution in [1.29, 1.82) is 0 Å². The maximum atomic E-state index is 4.41. The molecule has 1 aliphatic rings. The van der Waals surface area contributed by atoms with E-state index in [0.29, 0.717) is 11.9 Å². The first-order chi connectivity index (χ1) is 6.70. The minimum absolute atomic E-state index is 0.559. The average molecular weight is 193 g/mol. The number of nitrogens with one attached hydrogen (secondary N) is 1. The SMILES string of the molecule is CNc1nc(C2CC2)nc(N(C)C)n1. The molecule has 1 heterocycles. The quantitative estimate of drug-likeness (QED) is 0.771. The van der Waals surface area contributed by atoms with Crippen LogP contribution in [0.2, 0.25) is 0 Å². The second kappa shape index (κ2) is 3.40. The molecule has 2 rings (SSSR count). The van der Waals surface area contributed by atoms with Gasteiger partial charge in [0.05, 0.1) is 0 Å². The van der Waals surface area contributed by atoms with Gasteiger partial charge in [0.1, 0.15) is 5.82 Å². The largest absolute Gasteiger partial charge is 0.357 e. The van der Waals surface area contributed by atoms with E-state index in [1.165, 1.54) is 12.8 Å². The van der Waals surface area contributed by atoms with E-state index in [9.17, 15) is 0 Å². The van der Waals surface area contributed by atoms with Crippen molar-refractivity contribution in [2.75, 3.05) is 31.4 Å². The van der Waals surface area contributed by atoms with E-state index in [2.05, 4.69) is 20.3 Å². The molecule has 0 bridgehead atoms. The van der Waals surface area contributed by atoms with E-state index in [4.69, 9.17) is 0 Å². The molecule has 1 N–H and O–H groups in total. The van der Waals surface area contributed by atoms with Crippen molar-refractivity contribution < 1.29 is 0 Å². The lowest BCUT2D eigenvalue weighted by Crippen LogP contribution is -2.15. The van der Waals surface area contributed by atoms with Crippen LogP contribution in [0.15, 0.2) is 0 Å². The first kappa shape index (κ1) is 9.18. The Hall–Kier alpha value is -1.39. The van der Waals surface area contributed by atoms with Crippen molar-refractivity contribution in [1.82, 2.24) is 15.0 Å². The Morgan fingerprint density at radius 1 is 1.21 bits per heavy atom. The third-order valence-electron chi connectivity index (χ3n) is 2.21. The van der Waals surface area contributed by atoms with Crippen LogP contribution in [0.1, 0.15) is 24.6 Å². The van der Waals surface area contributed by atoms with Gasteiger partial charge in [0.2, 0.25) is 11.9 Å². The molecule has 1 aromatic heterocycles. The van der Waals surface area contributed by atoms with Crippen LogP contribution < -0.4 is 10.2 Å².